The fraction of sp³-hybridized carbons (Fsp3) is 0.286. The van der Waals surface area contributed by atoms with Gasteiger partial charge in [0.1, 0.15) is 17.6 Å². The van der Waals surface area contributed by atoms with Gasteiger partial charge < -0.3 is 15.0 Å². The molecule has 0 saturated heterocycles. The van der Waals surface area contributed by atoms with Gasteiger partial charge in [-0.1, -0.05) is 59.6 Å². The minimum atomic E-state index is -0.872. The molecule has 0 saturated carbocycles. The van der Waals surface area contributed by atoms with Crippen molar-refractivity contribution in [3.8, 4) is 5.75 Å². The number of amides is 2. The molecule has 1 unspecified atom stereocenters. The lowest BCUT2D eigenvalue weighted by Gasteiger charge is -2.34. The predicted octanol–water partition coefficient (Wildman–Crippen LogP) is 6.07. The first-order valence-electron chi connectivity index (χ1n) is 11.5. The van der Waals surface area contributed by atoms with Gasteiger partial charge in [0, 0.05) is 34.1 Å². The second-order valence-corrected chi connectivity index (χ2v) is 10.2. The molecule has 1 atom stereocenters. The monoisotopic (exact) mass is 530 g/mol. The van der Waals surface area contributed by atoms with Crippen LogP contribution in [0, 0.1) is 5.82 Å². The number of carbonyl (C=O) groups is 2. The Morgan fingerprint density at radius 1 is 0.944 bits per heavy atom. The summed E-state index contributed by atoms with van der Waals surface area (Å²) < 4.78 is 18.9. The normalized spacial score (nSPS) is 12.1. The molecule has 0 aliphatic rings. The average molecular weight is 531 g/mol. The van der Waals surface area contributed by atoms with Crippen LogP contribution in [0.4, 0.5) is 4.39 Å². The SMILES string of the molecule is CC(C)(C)NC(=O)C(Cc1ccccc1)N(Cc1c(Cl)cccc1Cl)C(=O)COc1ccc(F)cc1. The van der Waals surface area contributed by atoms with Crippen molar-refractivity contribution in [2.45, 2.75) is 45.3 Å². The lowest BCUT2D eigenvalue weighted by atomic mass is 10.0. The van der Waals surface area contributed by atoms with Crippen molar-refractivity contribution < 1.29 is 18.7 Å². The van der Waals surface area contributed by atoms with E-state index in [0.717, 1.165) is 5.56 Å². The standard InChI is InChI=1S/C28H29Cl2FN2O3/c1-28(2,3)32-27(35)25(16-19-8-5-4-6-9-19)33(17-22-23(29)10-7-11-24(22)30)26(34)18-36-21-14-12-20(31)13-15-21/h4-15,25H,16-18H2,1-3H3,(H,32,35). The lowest BCUT2D eigenvalue weighted by molar-refractivity contribution is -0.143. The van der Waals surface area contributed by atoms with Crippen LogP contribution in [0.15, 0.2) is 72.8 Å². The van der Waals surface area contributed by atoms with E-state index in [0.29, 0.717) is 21.4 Å². The fourth-order valence-electron chi connectivity index (χ4n) is 3.62. The molecular weight excluding hydrogens is 502 g/mol. The van der Waals surface area contributed by atoms with Crippen LogP contribution in [-0.2, 0) is 22.6 Å². The van der Waals surface area contributed by atoms with Crippen LogP contribution in [-0.4, -0.2) is 34.9 Å². The molecule has 36 heavy (non-hydrogen) atoms. The van der Waals surface area contributed by atoms with E-state index in [1.165, 1.54) is 29.2 Å². The number of rotatable bonds is 9. The van der Waals surface area contributed by atoms with E-state index in [1.54, 1.807) is 18.2 Å². The maximum absolute atomic E-state index is 13.6. The van der Waals surface area contributed by atoms with Crippen molar-refractivity contribution in [3.63, 3.8) is 0 Å². The van der Waals surface area contributed by atoms with Gasteiger partial charge in [0.05, 0.1) is 0 Å². The molecule has 0 spiro atoms. The van der Waals surface area contributed by atoms with Crippen LogP contribution < -0.4 is 10.1 Å². The summed E-state index contributed by atoms with van der Waals surface area (Å²) in [5, 5.41) is 3.76. The molecule has 3 aromatic rings. The topological polar surface area (TPSA) is 58.6 Å². The van der Waals surface area contributed by atoms with Crippen LogP contribution in [0.3, 0.4) is 0 Å². The second kappa shape index (κ2) is 12.2. The number of halogens is 3. The molecule has 5 nitrogen and oxygen atoms in total. The Kier molecular flexibility index (Phi) is 9.35. The highest BCUT2D eigenvalue weighted by molar-refractivity contribution is 6.36. The number of hydrogen-bond donors (Lipinski definition) is 1. The molecule has 0 heterocycles. The average Bonchev–Trinajstić information content (AvgIpc) is 2.82. The van der Waals surface area contributed by atoms with Crippen LogP contribution in [0.25, 0.3) is 0 Å². The Labute approximate surface area is 221 Å². The highest BCUT2D eigenvalue weighted by Crippen LogP contribution is 2.27. The van der Waals surface area contributed by atoms with Crippen molar-refractivity contribution in [1.29, 1.82) is 0 Å². The van der Waals surface area contributed by atoms with Gasteiger partial charge in [0.15, 0.2) is 6.61 Å². The Balaban J connectivity index is 1.97. The summed E-state index contributed by atoms with van der Waals surface area (Å²) in [4.78, 5) is 28.5. The molecule has 1 N–H and O–H groups in total. The summed E-state index contributed by atoms with van der Waals surface area (Å²) in [6, 6.07) is 19.0. The maximum atomic E-state index is 13.6. The van der Waals surface area contributed by atoms with Crippen molar-refractivity contribution >= 4 is 35.0 Å². The summed E-state index contributed by atoms with van der Waals surface area (Å²) in [5.74, 6) is -0.838. The van der Waals surface area contributed by atoms with Crippen LogP contribution in [0.5, 0.6) is 5.75 Å². The van der Waals surface area contributed by atoms with Gasteiger partial charge in [-0.25, -0.2) is 4.39 Å². The van der Waals surface area contributed by atoms with Gasteiger partial charge in [-0.05, 0) is 62.7 Å². The molecule has 8 heteroatoms. The van der Waals surface area contributed by atoms with Crippen LogP contribution in [0.2, 0.25) is 10.0 Å². The molecule has 2 amide bonds. The molecule has 0 aliphatic carbocycles. The smallest absolute Gasteiger partial charge is 0.261 e. The molecular formula is C28H29Cl2FN2O3. The van der Waals surface area contributed by atoms with E-state index in [4.69, 9.17) is 27.9 Å². The van der Waals surface area contributed by atoms with Gasteiger partial charge >= 0.3 is 0 Å². The van der Waals surface area contributed by atoms with E-state index < -0.39 is 23.3 Å². The molecule has 0 radical (unpaired) electrons. The van der Waals surface area contributed by atoms with E-state index in [9.17, 15) is 14.0 Å². The first kappa shape index (κ1) is 27.5. The van der Waals surface area contributed by atoms with Crippen molar-refractivity contribution in [2.75, 3.05) is 6.61 Å². The molecule has 3 aromatic carbocycles. The number of ether oxygens (including phenoxy) is 1. The molecule has 190 valence electrons. The first-order chi connectivity index (χ1) is 17.0. The Hall–Kier alpha value is -3.09. The number of hydrogen-bond acceptors (Lipinski definition) is 3. The molecule has 0 fully saturated rings. The van der Waals surface area contributed by atoms with E-state index >= 15 is 0 Å². The minimum Gasteiger partial charge on any atom is -0.484 e. The molecule has 0 bridgehead atoms. The minimum absolute atomic E-state index is 0.000813. The number of benzene rings is 3. The second-order valence-electron chi connectivity index (χ2n) is 9.41. The van der Waals surface area contributed by atoms with E-state index in [2.05, 4.69) is 5.32 Å². The van der Waals surface area contributed by atoms with E-state index in [1.807, 2.05) is 51.1 Å². The van der Waals surface area contributed by atoms with Crippen molar-refractivity contribution in [1.82, 2.24) is 10.2 Å². The zero-order valence-electron chi connectivity index (χ0n) is 20.4. The summed E-state index contributed by atoms with van der Waals surface area (Å²) in [6.45, 7) is 5.26. The van der Waals surface area contributed by atoms with Crippen molar-refractivity contribution in [3.05, 3.63) is 99.8 Å². The molecule has 0 aliphatic heterocycles. The Bertz CT molecular complexity index is 1160. The highest BCUT2D eigenvalue weighted by atomic mass is 35.5. The van der Waals surface area contributed by atoms with Crippen molar-refractivity contribution in [2.24, 2.45) is 0 Å². The largest absolute Gasteiger partial charge is 0.484 e. The first-order valence-corrected chi connectivity index (χ1v) is 12.3. The van der Waals surface area contributed by atoms with Gasteiger partial charge in [-0.3, -0.25) is 9.59 Å². The predicted molar refractivity (Wildman–Crippen MR) is 141 cm³/mol. The lowest BCUT2D eigenvalue weighted by Crippen LogP contribution is -2.55. The summed E-state index contributed by atoms with van der Waals surface area (Å²) in [7, 11) is 0. The van der Waals surface area contributed by atoms with Gasteiger partial charge in [0.25, 0.3) is 5.91 Å². The van der Waals surface area contributed by atoms with Crippen LogP contribution in [0.1, 0.15) is 31.9 Å². The summed E-state index contributed by atoms with van der Waals surface area (Å²) in [5.41, 5.74) is 0.888. The third-order valence-electron chi connectivity index (χ3n) is 5.34. The van der Waals surface area contributed by atoms with Crippen LogP contribution >= 0.6 is 23.2 Å². The maximum Gasteiger partial charge on any atom is 0.261 e. The zero-order valence-corrected chi connectivity index (χ0v) is 21.9. The zero-order chi connectivity index (χ0) is 26.3. The Morgan fingerprint density at radius 3 is 2.14 bits per heavy atom. The molecule has 3 rings (SSSR count). The highest BCUT2D eigenvalue weighted by Gasteiger charge is 2.33. The third kappa shape index (κ3) is 7.97. The summed E-state index contributed by atoms with van der Waals surface area (Å²) in [6.07, 6.45) is 0.271. The third-order valence-corrected chi connectivity index (χ3v) is 6.04. The van der Waals surface area contributed by atoms with Gasteiger partial charge in [0.2, 0.25) is 5.91 Å². The van der Waals surface area contributed by atoms with Gasteiger partial charge in [-0.15, -0.1) is 0 Å². The van der Waals surface area contributed by atoms with Gasteiger partial charge in [-0.2, -0.15) is 0 Å². The van der Waals surface area contributed by atoms with E-state index in [-0.39, 0.29) is 25.5 Å². The summed E-state index contributed by atoms with van der Waals surface area (Å²) >= 11 is 12.9. The fourth-order valence-corrected chi connectivity index (χ4v) is 4.14. The number of nitrogens with zero attached hydrogens (tertiary/aromatic N) is 1. The molecule has 0 aromatic heterocycles. The Morgan fingerprint density at radius 2 is 1.56 bits per heavy atom. The quantitative estimate of drug-likeness (QED) is 0.365. The number of carbonyl (C=O) groups excluding carboxylic acids is 2. The number of nitrogens with one attached hydrogen (secondary N) is 1.